The van der Waals surface area contributed by atoms with Gasteiger partial charge in [-0.1, -0.05) is 17.3 Å². The number of benzene rings is 1. The molecule has 2 heterocycles. The Morgan fingerprint density at radius 3 is 2.81 bits per heavy atom. The predicted octanol–water partition coefficient (Wildman–Crippen LogP) is 0.427. The van der Waals surface area contributed by atoms with Gasteiger partial charge in [0.05, 0.1) is 11.9 Å². The Balaban J connectivity index is 1.65. The van der Waals surface area contributed by atoms with Gasteiger partial charge in [0.25, 0.3) is 0 Å². The molecule has 1 fully saturated rings. The molecule has 0 spiro atoms. The summed E-state index contributed by atoms with van der Waals surface area (Å²) in [6.45, 7) is 0.0982. The number of amides is 2. The molecule has 26 heavy (non-hydrogen) atoms. The fourth-order valence-corrected chi connectivity index (χ4v) is 2.78. The van der Waals surface area contributed by atoms with Gasteiger partial charge in [-0.05, 0) is 25.0 Å². The van der Waals surface area contributed by atoms with Gasteiger partial charge in [-0.25, -0.2) is 13.9 Å². The van der Waals surface area contributed by atoms with Crippen LogP contribution in [0.2, 0.25) is 0 Å². The van der Waals surface area contributed by atoms with E-state index in [0.717, 1.165) is 10.9 Å². The molecule has 9 nitrogen and oxygen atoms in total. The van der Waals surface area contributed by atoms with Gasteiger partial charge in [-0.2, -0.15) is 0 Å². The lowest BCUT2D eigenvalue weighted by Gasteiger charge is -2.32. The normalized spacial score (nSPS) is 17.2. The molecule has 0 aliphatic carbocycles. The van der Waals surface area contributed by atoms with E-state index in [-0.39, 0.29) is 23.8 Å². The first-order valence-corrected chi connectivity index (χ1v) is 7.94. The fraction of sp³-hybridized carbons (Fsp3) is 0.312. The zero-order chi connectivity index (χ0) is 18.7. The van der Waals surface area contributed by atoms with Crippen LogP contribution in [0, 0.1) is 5.82 Å². The Hall–Kier alpha value is -3.30. The van der Waals surface area contributed by atoms with Crippen molar-refractivity contribution < 1.29 is 23.9 Å². The number of piperidine rings is 1. The third-order valence-corrected chi connectivity index (χ3v) is 3.98. The number of aromatic carboxylic acids is 1. The summed E-state index contributed by atoms with van der Waals surface area (Å²) in [6.07, 6.45) is 2.17. The van der Waals surface area contributed by atoms with E-state index in [1.165, 1.54) is 23.1 Å². The van der Waals surface area contributed by atoms with Crippen LogP contribution in [0.25, 0.3) is 0 Å². The molecule has 1 aliphatic rings. The highest BCUT2D eigenvalue weighted by atomic mass is 19.1. The summed E-state index contributed by atoms with van der Waals surface area (Å²) in [5.41, 5.74) is -0.101. The quantitative estimate of drug-likeness (QED) is 0.797. The van der Waals surface area contributed by atoms with Gasteiger partial charge in [-0.3, -0.25) is 9.59 Å². The molecule has 2 amide bonds. The van der Waals surface area contributed by atoms with Crippen molar-refractivity contribution in [2.75, 3.05) is 11.4 Å². The summed E-state index contributed by atoms with van der Waals surface area (Å²) in [5.74, 6) is -2.66. The Bertz CT molecular complexity index is 853. The number of carbonyl (C=O) groups is 3. The maximum Gasteiger partial charge on any atom is 0.358 e. The molecule has 2 N–H and O–H groups in total. The van der Waals surface area contributed by atoms with Crippen molar-refractivity contribution in [3.05, 3.63) is 42.0 Å². The van der Waals surface area contributed by atoms with Crippen LogP contribution < -0.4 is 10.2 Å². The minimum atomic E-state index is -1.25. The van der Waals surface area contributed by atoms with Gasteiger partial charge in [0.1, 0.15) is 18.4 Å². The summed E-state index contributed by atoms with van der Waals surface area (Å²) < 4.78 is 15.0. The number of anilines is 1. The summed E-state index contributed by atoms with van der Waals surface area (Å²) in [7, 11) is 0. The third kappa shape index (κ3) is 3.68. The number of para-hydroxylation sites is 1. The average Bonchev–Trinajstić information content (AvgIpc) is 3.06. The Morgan fingerprint density at radius 2 is 2.12 bits per heavy atom. The van der Waals surface area contributed by atoms with E-state index < -0.39 is 23.7 Å². The molecule has 1 aromatic carbocycles. The molecule has 3 rings (SSSR count). The second kappa shape index (κ2) is 7.30. The van der Waals surface area contributed by atoms with Crippen LogP contribution >= 0.6 is 0 Å². The van der Waals surface area contributed by atoms with Crippen LogP contribution in [-0.4, -0.2) is 50.5 Å². The minimum absolute atomic E-state index is 0.179. The number of carboxylic acid groups (broad SMARTS) is 1. The molecular weight excluding hydrogens is 345 g/mol. The minimum Gasteiger partial charge on any atom is -0.476 e. The number of carboxylic acids is 1. The Morgan fingerprint density at radius 1 is 1.35 bits per heavy atom. The van der Waals surface area contributed by atoms with Gasteiger partial charge in [0.15, 0.2) is 5.69 Å². The lowest BCUT2D eigenvalue weighted by molar-refractivity contribution is -0.128. The summed E-state index contributed by atoms with van der Waals surface area (Å²) in [4.78, 5) is 36.8. The molecule has 1 aliphatic heterocycles. The first-order valence-electron chi connectivity index (χ1n) is 7.94. The number of rotatable bonds is 5. The van der Waals surface area contributed by atoms with E-state index in [2.05, 4.69) is 15.6 Å². The molecule has 1 saturated heterocycles. The topological polar surface area (TPSA) is 117 Å². The van der Waals surface area contributed by atoms with Crippen LogP contribution in [0.1, 0.15) is 23.3 Å². The highest BCUT2D eigenvalue weighted by molar-refractivity contribution is 6.00. The van der Waals surface area contributed by atoms with E-state index in [1.807, 2.05) is 0 Å². The van der Waals surface area contributed by atoms with Crippen LogP contribution in [0.5, 0.6) is 0 Å². The SMILES string of the molecule is O=C(Cn1cc(C(=O)O)nn1)NC1CCCN(c2ccccc2F)C1=O. The number of carbonyl (C=O) groups excluding carboxylic acids is 2. The summed E-state index contributed by atoms with van der Waals surface area (Å²) in [5, 5.41) is 18.3. The first kappa shape index (κ1) is 17.5. The zero-order valence-electron chi connectivity index (χ0n) is 13.6. The van der Waals surface area contributed by atoms with Crippen molar-refractivity contribution >= 4 is 23.5 Å². The van der Waals surface area contributed by atoms with Gasteiger partial charge >= 0.3 is 5.97 Å². The number of hydrogen-bond donors (Lipinski definition) is 2. The number of aromatic nitrogens is 3. The average molecular weight is 361 g/mol. The van der Waals surface area contributed by atoms with Crippen molar-refractivity contribution in [2.45, 2.75) is 25.4 Å². The molecular formula is C16H16FN5O4. The van der Waals surface area contributed by atoms with Gasteiger partial charge in [0.2, 0.25) is 11.8 Å². The zero-order valence-corrected chi connectivity index (χ0v) is 13.6. The molecule has 1 atom stereocenters. The fourth-order valence-electron chi connectivity index (χ4n) is 2.78. The second-order valence-corrected chi connectivity index (χ2v) is 5.81. The lowest BCUT2D eigenvalue weighted by atomic mass is 10.0. The van der Waals surface area contributed by atoms with E-state index in [4.69, 9.17) is 5.11 Å². The number of nitrogens with zero attached hydrogens (tertiary/aromatic N) is 4. The second-order valence-electron chi connectivity index (χ2n) is 5.81. The van der Waals surface area contributed by atoms with E-state index in [1.54, 1.807) is 6.07 Å². The van der Waals surface area contributed by atoms with Crippen molar-refractivity contribution in [2.24, 2.45) is 0 Å². The summed E-state index contributed by atoms with van der Waals surface area (Å²) in [6, 6.07) is 5.18. The van der Waals surface area contributed by atoms with Crippen molar-refractivity contribution in [3.63, 3.8) is 0 Å². The molecule has 136 valence electrons. The molecule has 2 aromatic rings. The van der Waals surface area contributed by atoms with E-state index in [0.29, 0.717) is 19.4 Å². The first-order chi connectivity index (χ1) is 12.5. The highest BCUT2D eigenvalue weighted by Crippen LogP contribution is 2.23. The lowest BCUT2D eigenvalue weighted by Crippen LogP contribution is -2.53. The van der Waals surface area contributed by atoms with Crippen molar-refractivity contribution in [1.29, 1.82) is 0 Å². The maximum atomic E-state index is 13.9. The van der Waals surface area contributed by atoms with E-state index >= 15 is 0 Å². The molecule has 0 bridgehead atoms. The number of halogens is 1. The molecule has 1 unspecified atom stereocenters. The van der Waals surface area contributed by atoms with Crippen LogP contribution in [0.3, 0.4) is 0 Å². The molecule has 1 aromatic heterocycles. The van der Waals surface area contributed by atoms with Gasteiger partial charge in [0, 0.05) is 6.54 Å². The monoisotopic (exact) mass is 361 g/mol. The van der Waals surface area contributed by atoms with Gasteiger partial charge in [-0.15, -0.1) is 5.10 Å². The molecule has 0 saturated carbocycles. The van der Waals surface area contributed by atoms with Crippen LogP contribution in [0.4, 0.5) is 10.1 Å². The maximum absolute atomic E-state index is 13.9. The molecule has 0 radical (unpaired) electrons. The number of nitrogens with one attached hydrogen (secondary N) is 1. The number of hydrogen-bond acceptors (Lipinski definition) is 5. The Labute approximate surface area is 147 Å². The van der Waals surface area contributed by atoms with Crippen molar-refractivity contribution in [3.8, 4) is 0 Å². The summed E-state index contributed by atoms with van der Waals surface area (Å²) >= 11 is 0. The third-order valence-electron chi connectivity index (χ3n) is 3.98. The highest BCUT2D eigenvalue weighted by Gasteiger charge is 2.32. The Kier molecular flexibility index (Phi) is 4.92. The van der Waals surface area contributed by atoms with Crippen molar-refractivity contribution in [1.82, 2.24) is 20.3 Å². The molecule has 10 heteroatoms. The predicted molar refractivity (Wildman–Crippen MR) is 86.9 cm³/mol. The largest absolute Gasteiger partial charge is 0.476 e. The van der Waals surface area contributed by atoms with Gasteiger partial charge < -0.3 is 15.3 Å². The van der Waals surface area contributed by atoms with Crippen LogP contribution in [-0.2, 0) is 16.1 Å². The smallest absolute Gasteiger partial charge is 0.358 e. The van der Waals surface area contributed by atoms with E-state index in [9.17, 15) is 18.8 Å². The van der Waals surface area contributed by atoms with Crippen LogP contribution in [0.15, 0.2) is 30.5 Å². The standard InChI is InChI=1S/C16H16FN5O4/c17-10-4-1-2-6-13(10)22-7-3-5-11(15(22)24)18-14(23)9-21-8-12(16(25)26)19-20-21/h1-2,4,6,8,11H,3,5,7,9H2,(H,18,23)(H,25,26).